The number of benzene rings is 2. The zero-order chi connectivity index (χ0) is 16.1. The molecule has 2 aromatic carbocycles. The molecule has 0 spiro atoms. The number of nitrogens with one attached hydrogen (secondary N) is 2. The molecule has 0 radical (unpaired) electrons. The maximum Gasteiger partial charge on any atom is 0.323 e. The predicted molar refractivity (Wildman–Crippen MR) is 91.3 cm³/mol. The van der Waals surface area contributed by atoms with Gasteiger partial charge in [-0.2, -0.15) is 0 Å². The van der Waals surface area contributed by atoms with E-state index in [2.05, 4.69) is 10.6 Å². The minimum atomic E-state index is -0.401. The van der Waals surface area contributed by atoms with Crippen molar-refractivity contribution >= 4 is 40.6 Å². The number of hydrogen-bond acceptors (Lipinski definition) is 2. The molecule has 6 heteroatoms. The van der Waals surface area contributed by atoms with Crippen molar-refractivity contribution < 1.29 is 9.53 Å². The Kier molecular flexibility index (Phi) is 5.52. The molecular weight excluding hydrogens is 323 g/mol. The molecule has 0 aliphatic rings. The van der Waals surface area contributed by atoms with Crippen molar-refractivity contribution in [3.63, 3.8) is 0 Å². The molecule has 0 aliphatic carbocycles. The van der Waals surface area contributed by atoms with Crippen LogP contribution in [0.5, 0.6) is 5.75 Å². The molecule has 0 aliphatic heterocycles. The van der Waals surface area contributed by atoms with Gasteiger partial charge in [-0.3, -0.25) is 0 Å². The summed E-state index contributed by atoms with van der Waals surface area (Å²) in [5.41, 5.74) is 1.10. The van der Waals surface area contributed by atoms with Crippen LogP contribution in [-0.2, 0) is 0 Å². The molecule has 0 atom stereocenters. The minimum absolute atomic E-state index is 0.104. The monoisotopic (exact) mass is 338 g/mol. The van der Waals surface area contributed by atoms with Gasteiger partial charge in [-0.1, -0.05) is 29.3 Å². The van der Waals surface area contributed by atoms with Gasteiger partial charge in [0.25, 0.3) is 0 Å². The summed E-state index contributed by atoms with van der Waals surface area (Å²) in [6, 6.07) is 11.7. The summed E-state index contributed by atoms with van der Waals surface area (Å²) in [4.78, 5) is 12.0. The van der Waals surface area contributed by atoms with Gasteiger partial charge in [0.2, 0.25) is 0 Å². The van der Waals surface area contributed by atoms with Crippen LogP contribution >= 0.6 is 23.2 Å². The summed E-state index contributed by atoms with van der Waals surface area (Å²) in [5, 5.41) is 6.05. The molecule has 0 heterocycles. The lowest BCUT2D eigenvalue weighted by Gasteiger charge is -2.12. The fourth-order valence-electron chi connectivity index (χ4n) is 1.77. The standard InChI is InChI=1S/C16H16Cl2N2O2/c1-10(2)22-12-8-6-11(7-9-12)19-16(21)20-14-5-3-4-13(17)15(14)18/h3-10H,1-2H3,(H2,19,20,21). The minimum Gasteiger partial charge on any atom is -0.491 e. The Labute approximate surface area is 139 Å². The summed E-state index contributed by atoms with van der Waals surface area (Å²) in [6.07, 6.45) is 0.104. The van der Waals surface area contributed by atoms with Crippen molar-refractivity contribution in [3.05, 3.63) is 52.5 Å². The van der Waals surface area contributed by atoms with E-state index in [1.54, 1.807) is 42.5 Å². The van der Waals surface area contributed by atoms with Crippen molar-refractivity contribution in [2.45, 2.75) is 20.0 Å². The SMILES string of the molecule is CC(C)Oc1ccc(NC(=O)Nc2cccc(Cl)c2Cl)cc1. The molecule has 4 nitrogen and oxygen atoms in total. The highest BCUT2D eigenvalue weighted by atomic mass is 35.5. The summed E-state index contributed by atoms with van der Waals surface area (Å²) in [5.74, 6) is 0.749. The first-order chi connectivity index (χ1) is 10.5. The molecule has 2 aromatic rings. The van der Waals surface area contributed by atoms with Crippen LogP contribution in [0.1, 0.15) is 13.8 Å². The number of urea groups is 1. The molecule has 116 valence electrons. The fraction of sp³-hybridized carbons (Fsp3) is 0.188. The number of carbonyl (C=O) groups is 1. The number of ether oxygens (including phenoxy) is 1. The van der Waals surface area contributed by atoms with Gasteiger partial charge in [-0.15, -0.1) is 0 Å². The van der Waals surface area contributed by atoms with Gasteiger partial charge >= 0.3 is 6.03 Å². The number of hydrogen-bond donors (Lipinski definition) is 2. The molecular formula is C16H16Cl2N2O2. The van der Waals surface area contributed by atoms with Crippen LogP contribution in [0.15, 0.2) is 42.5 Å². The molecule has 22 heavy (non-hydrogen) atoms. The summed E-state index contributed by atoms with van der Waals surface area (Å²) < 4.78 is 5.54. The van der Waals surface area contributed by atoms with Gasteiger partial charge in [-0.25, -0.2) is 4.79 Å². The topological polar surface area (TPSA) is 50.4 Å². The fourth-order valence-corrected chi connectivity index (χ4v) is 2.12. The second-order valence-electron chi connectivity index (χ2n) is 4.87. The first-order valence-electron chi connectivity index (χ1n) is 6.74. The van der Waals surface area contributed by atoms with Crippen molar-refractivity contribution in [1.82, 2.24) is 0 Å². The quantitative estimate of drug-likeness (QED) is 0.781. The van der Waals surface area contributed by atoms with E-state index in [0.29, 0.717) is 21.4 Å². The predicted octanol–water partition coefficient (Wildman–Crippen LogP) is 5.42. The number of anilines is 2. The maximum atomic E-state index is 12.0. The summed E-state index contributed by atoms with van der Waals surface area (Å²) in [6.45, 7) is 3.91. The third kappa shape index (κ3) is 4.55. The molecule has 0 saturated carbocycles. The van der Waals surface area contributed by atoms with Crippen LogP contribution in [0.2, 0.25) is 10.0 Å². The maximum absolute atomic E-state index is 12.0. The van der Waals surface area contributed by atoms with E-state index < -0.39 is 6.03 Å². The van der Waals surface area contributed by atoms with Crippen molar-refractivity contribution in [3.8, 4) is 5.75 Å². The Morgan fingerprint density at radius 2 is 1.73 bits per heavy atom. The second kappa shape index (κ2) is 7.38. The number of halogens is 2. The van der Waals surface area contributed by atoms with Crippen LogP contribution in [0.4, 0.5) is 16.2 Å². The van der Waals surface area contributed by atoms with Crippen molar-refractivity contribution in [2.24, 2.45) is 0 Å². The molecule has 0 aromatic heterocycles. The molecule has 0 saturated heterocycles. The van der Waals surface area contributed by atoms with E-state index in [4.69, 9.17) is 27.9 Å². The largest absolute Gasteiger partial charge is 0.491 e. The van der Waals surface area contributed by atoms with Crippen molar-refractivity contribution in [1.29, 1.82) is 0 Å². The third-order valence-electron chi connectivity index (χ3n) is 2.68. The van der Waals surface area contributed by atoms with Crippen molar-refractivity contribution in [2.75, 3.05) is 10.6 Å². The number of rotatable bonds is 4. The van der Waals surface area contributed by atoms with Crippen LogP contribution in [0.3, 0.4) is 0 Å². The lowest BCUT2D eigenvalue weighted by atomic mass is 10.3. The van der Waals surface area contributed by atoms with Gasteiger partial charge in [0.1, 0.15) is 5.75 Å². The zero-order valence-electron chi connectivity index (χ0n) is 12.2. The summed E-state index contributed by atoms with van der Waals surface area (Å²) in [7, 11) is 0. The van der Waals surface area contributed by atoms with E-state index in [1.807, 2.05) is 13.8 Å². The summed E-state index contributed by atoms with van der Waals surface area (Å²) >= 11 is 11.9. The van der Waals surface area contributed by atoms with Gasteiger partial charge in [-0.05, 0) is 50.2 Å². The number of carbonyl (C=O) groups excluding carboxylic acids is 1. The molecule has 2 amide bonds. The lowest BCUT2D eigenvalue weighted by Crippen LogP contribution is -2.19. The van der Waals surface area contributed by atoms with Gasteiger partial charge in [0.05, 0.1) is 21.8 Å². The second-order valence-corrected chi connectivity index (χ2v) is 5.66. The van der Waals surface area contributed by atoms with E-state index in [9.17, 15) is 4.79 Å². The zero-order valence-corrected chi connectivity index (χ0v) is 13.7. The average Bonchev–Trinajstić information content (AvgIpc) is 2.45. The first kappa shape index (κ1) is 16.5. The van der Waals surface area contributed by atoms with Crippen LogP contribution in [0.25, 0.3) is 0 Å². The Bertz CT molecular complexity index is 658. The molecule has 2 rings (SSSR count). The third-order valence-corrected chi connectivity index (χ3v) is 3.50. The Balaban J connectivity index is 1.98. The van der Waals surface area contributed by atoms with E-state index >= 15 is 0 Å². The van der Waals surface area contributed by atoms with Gasteiger partial charge < -0.3 is 15.4 Å². The highest BCUT2D eigenvalue weighted by molar-refractivity contribution is 6.44. The van der Waals surface area contributed by atoms with E-state index in [1.165, 1.54) is 0 Å². The van der Waals surface area contributed by atoms with Gasteiger partial charge in [0.15, 0.2) is 0 Å². The molecule has 0 bridgehead atoms. The Hall–Kier alpha value is -1.91. The Morgan fingerprint density at radius 1 is 1.05 bits per heavy atom. The highest BCUT2D eigenvalue weighted by Crippen LogP contribution is 2.29. The molecule has 0 fully saturated rings. The van der Waals surface area contributed by atoms with E-state index in [0.717, 1.165) is 5.75 Å². The number of amides is 2. The van der Waals surface area contributed by atoms with Crippen LogP contribution in [-0.4, -0.2) is 12.1 Å². The highest BCUT2D eigenvalue weighted by Gasteiger charge is 2.08. The van der Waals surface area contributed by atoms with Gasteiger partial charge in [0, 0.05) is 5.69 Å². The Morgan fingerprint density at radius 3 is 2.36 bits per heavy atom. The lowest BCUT2D eigenvalue weighted by molar-refractivity contribution is 0.242. The average molecular weight is 339 g/mol. The first-order valence-corrected chi connectivity index (χ1v) is 7.50. The molecule has 0 unspecified atom stereocenters. The smallest absolute Gasteiger partial charge is 0.323 e. The molecule has 2 N–H and O–H groups in total. The normalized spacial score (nSPS) is 10.4. The van der Waals surface area contributed by atoms with E-state index in [-0.39, 0.29) is 6.10 Å². The van der Waals surface area contributed by atoms with Crippen LogP contribution in [0, 0.1) is 0 Å². The van der Waals surface area contributed by atoms with Crippen LogP contribution < -0.4 is 15.4 Å².